The maximum absolute atomic E-state index is 13.2. The van der Waals surface area contributed by atoms with Gasteiger partial charge in [0.25, 0.3) is 0 Å². The minimum atomic E-state index is -5.19. The highest BCUT2D eigenvalue weighted by molar-refractivity contribution is 7.98. The summed E-state index contributed by atoms with van der Waals surface area (Å²) in [6.07, 6.45) is -6.70. The van der Waals surface area contributed by atoms with Crippen molar-refractivity contribution in [1.29, 1.82) is 0 Å². The summed E-state index contributed by atoms with van der Waals surface area (Å²) >= 11 is 0.510. The van der Waals surface area contributed by atoms with E-state index in [4.69, 9.17) is 4.74 Å². The van der Waals surface area contributed by atoms with Crippen molar-refractivity contribution in [2.45, 2.75) is 17.2 Å². The lowest BCUT2D eigenvalue weighted by molar-refractivity contribution is -0.163. The van der Waals surface area contributed by atoms with E-state index < -0.39 is 28.4 Å². The van der Waals surface area contributed by atoms with Gasteiger partial charge in [-0.2, -0.15) is 26.3 Å². The monoisotopic (exact) mass is 354 g/mol. The Balaban J connectivity index is 2.62. The first-order valence-corrected chi connectivity index (χ1v) is 7.16. The minimum Gasteiger partial charge on any atom is -0.438 e. The summed E-state index contributed by atoms with van der Waals surface area (Å²) in [6, 6.07) is 2.46. The molecule has 0 fully saturated rings. The summed E-state index contributed by atoms with van der Waals surface area (Å²) in [5, 5.41) is 0. The molecule has 2 rings (SSSR count). The fraction of sp³-hybridized carbons (Fsp3) is 0.231. The van der Waals surface area contributed by atoms with Crippen molar-refractivity contribution in [2.24, 2.45) is 0 Å². The topological polar surface area (TPSA) is 35.0 Å². The Kier molecular flexibility index (Phi) is 4.73. The van der Waals surface area contributed by atoms with Gasteiger partial charge in [0.05, 0.1) is 16.0 Å². The number of thioether (sulfide) groups is 1. The van der Waals surface area contributed by atoms with Crippen LogP contribution in [-0.4, -0.2) is 16.2 Å². The van der Waals surface area contributed by atoms with Crippen LogP contribution in [0, 0.1) is 0 Å². The zero-order valence-electron chi connectivity index (χ0n) is 11.4. The minimum absolute atomic E-state index is 0.0804. The van der Waals surface area contributed by atoms with Gasteiger partial charge in [0.2, 0.25) is 5.88 Å². The second-order valence-corrected chi connectivity index (χ2v) is 4.98. The molecule has 1 aromatic carbocycles. The average molecular weight is 354 g/mol. The van der Waals surface area contributed by atoms with Gasteiger partial charge in [0.15, 0.2) is 0 Å². The molecule has 0 aliphatic heterocycles. The van der Waals surface area contributed by atoms with Crippen LogP contribution in [0.4, 0.5) is 26.3 Å². The first-order chi connectivity index (χ1) is 10.6. The van der Waals surface area contributed by atoms with E-state index in [2.05, 4.69) is 9.97 Å². The Morgan fingerprint density at radius 1 is 1.00 bits per heavy atom. The van der Waals surface area contributed by atoms with Gasteiger partial charge in [-0.1, -0.05) is 0 Å². The van der Waals surface area contributed by atoms with E-state index >= 15 is 0 Å². The highest BCUT2D eigenvalue weighted by Gasteiger charge is 2.45. The number of aromatic nitrogens is 2. The number of nitrogens with zero attached hydrogens (tertiary/aromatic N) is 2. The number of alkyl halides is 6. The van der Waals surface area contributed by atoms with Gasteiger partial charge >= 0.3 is 12.4 Å². The van der Waals surface area contributed by atoms with E-state index in [0.29, 0.717) is 17.8 Å². The first kappa shape index (κ1) is 17.4. The van der Waals surface area contributed by atoms with E-state index in [0.717, 1.165) is 12.4 Å². The zero-order valence-corrected chi connectivity index (χ0v) is 12.2. The second kappa shape index (κ2) is 6.26. The van der Waals surface area contributed by atoms with Crippen LogP contribution in [0.3, 0.4) is 0 Å². The van der Waals surface area contributed by atoms with Gasteiger partial charge in [-0.05, 0) is 18.4 Å². The van der Waals surface area contributed by atoms with E-state index in [-0.39, 0.29) is 11.6 Å². The van der Waals surface area contributed by atoms with E-state index in [9.17, 15) is 26.3 Å². The van der Waals surface area contributed by atoms with Crippen molar-refractivity contribution in [3.05, 3.63) is 41.9 Å². The van der Waals surface area contributed by atoms with Crippen molar-refractivity contribution >= 4 is 11.8 Å². The second-order valence-electron chi connectivity index (χ2n) is 4.16. The fourth-order valence-corrected chi connectivity index (χ4v) is 2.56. The van der Waals surface area contributed by atoms with Crippen LogP contribution >= 0.6 is 11.8 Å². The number of ether oxygens (including phenoxy) is 1. The molecule has 3 nitrogen and oxygen atoms in total. The Labute approximate surface area is 130 Å². The van der Waals surface area contributed by atoms with Gasteiger partial charge in [-0.3, -0.25) is 0 Å². The molecular formula is C13H8F6N2OS. The number of rotatable bonds is 3. The van der Waals surface area contributed by atoms with Crippen LogP contribution in [0.25, 0.3) is 0 Å². The third-order valence-corrected chi connectivity index (χ3v) is 3.50. The highest BCUT2D eigenvalue weighted by Crippen LogP contribution is 2.48. The predicted octanol–water partition coefficient (Wildman–Crippen LogP) is 5.03. The molecule has 0 radical (unpaired) electrons. The van der Waals surface area contributed by atoms with Crippen molar-refractivity contribution < 1.29 is 31.1 Å². The lowest BCUT2D eigenvalue weighted by Gasteiger charge is -2.20. The molecule has 0 spiro atoms. The summed E-state index contributed by atoms with van der Waals surface area (Å²) in [7, 11) is 0. The van der Waals surface area contributed by atoms with Crippen molar-refractivity contribution in [2.75, 3.05) is 6.26 Å². The number of halogens is 6. The molecule has 10 heteroatoms. The van der Waals surface area contributed by atoms with E-state index in [1.165, 1.54) is 18.5 Å². The molecule has 0 unspecified atom stereocenters. The summed E-state index contributed by atoms with van der Waals surface area (Å²) < 4.78 is 83.3. The number of hydrogen-bond donors (Lipinski definition) is 0. The molecule has 0 amide bonds. The average Bonchev–Trinajstić information content (AvgIpc) is 2.45. The lowest BCUT2D eigenvalue weighted by Crippen LogP contribution is -2.18. The lowest BCUT2D eigenvalue weighted by atomic mass is 10.1. The molecule has 124 valence electrons. The highest BCUT2D eigenvalue weighted by atomic mass is 32.2. The van der Waals surface area contributed by atoms with Gasteiger partial charge < -0.3 is 4.74 Å². The maximum atomic E-state index is 13.2. The molecule has 0 aliphatic carbocycles. The van der Waals surface area contributed by atoms with E-state index in [1.54, 1.807) is 0 Å². The molecule has 1 heterocycles. The van der Waals surface area contributed by atoms with Crippen LogP contribution < -0.4 is 4.74 Å². The molecule has 0 saturated heterocycles. The third kappa shape index (κ3) is 3.87. The summed E-state index contributed by atoms with van der Waals surface area (Å²) in [6.45, 7) is 0. The van der Waals surface area contributed by atoms with Crippen LogP contribution in [0.1, 0.15) is 11.1 Å². The predicted molar refractivity (Wildman–Crippen MR) is 70.3 cm³/mol. The molecule has 2 aromatic rings. The van der Waals surface area contributed by atoms with Crippen LogP contribution in [0.2, 0.25) is 0 Å². The Morgan fingerprint density at radius 2 is 1.70 bits per heavy atom. The first-order valence-electron chi connectivity index (χ1n) is 5.94. The van der Waals surface area contributed by atoms with Crippen molar-refractivity contribution in [3.63, 3.8) is 0 Å². The fourth-order valence-electron chi connectivity index (χ4n) is 1.82. The Bertz CT molecular complexity index is 687. The number of hydrogen-bond acceptors (Lipinski definition) is 4. The van der Waals surface area contributed by atoms with Crippen LogP contribution in [0.15, 0.2) is 35.6 Å². The Morgan fingerprint density at radius 3 is 2.17 bits per heavy atom. The zero-order chi connectivity index (χ0) is 17.3. The van der Waals surface area contributed by atoms with Gasteiger partial charge in [0.1, 0.15) is 12.1 Å². The molecule has 0 N–H and O–H groups in total. The molecule has 0 saturated carbocycles. The quantitative estimate of drug-likeness (QED) is 0.572. The summed E-state index contributed by atoms with van der Waals surface area (Å²) in [5.74, 6) is -0.445. The largest absolute Gasteiger partial charge is 0.438 e. The molecule has 23 heavy (non-hydrogen) atoms. The molecule has 1 aromatic heterocycles. The van der Waals surface area contributed by atoms with Gasteiger partial charge in [0, 0.05) is 12.3 Å². The van der Waals surface area contributed by atoms with Gasteiger partial charge in [-0.25, -0.2) is 9.97 Å². The summed E-state index contributed by atoms with van der Waals surface area (Å²) in [5.41, 5.74) is -3.53. The van der Waals surface area contributed by atoms with Gasteiger partial charge in [-0.15, -0.1) is 11.8 Å². The third-order valence-electron chi connectivity index (χ3n) is 2.68. The standard InChI is InChI=1S/C13H8F6N2OS/c1-23-11-8(22-9-4-5-20-6-21-9)3-2-7(12(14,15)16)10(11)13(17,18)19/h2-6H,1H3. The maximum Gasteiger partial charge on any atom is 0.418 e. The molecule has 0 atom stereocenters. The SMILES string of the molecule is CSc1c(Oc2ccncn2)ccc(C(F)(F)F)c1C(F)(F)F. The molecule has 0 bridgehead atoms. The van der Waals surface area contributed by atoms with Crippen LogP contribution in [-0.2, 0) is 12.4 Å². The van der Waals surface area contributed by atoms with Crippen LogP contribution in [0.5, 0.6) is 11.6 Å². The van der Waals surface area contributed by atoms with Crippen molar-refractivity contribution in [1.82, 2.24) is 9.97 Å². The normalized spacial score (nSPS) is 12.3. The number of benzene rings is 1. The molecule has 0 aliphatic rings. The molecular weight excluding hydrogens is 346 g/mol. The smallest absolute Gasteiger partial charge is 0.418 e. The van der Waals surface area contributed by atoms with Crippen molar-refractivity contribution in [3.8, 4) is 11.6 Å². The Hall–Kier alpha value is -1.97. The summed E-state index contributed by atoms with van der Waals surface area (Å²) in [4.78, 5) is 6.61. The van der Waals surface area contributed by atoms with E-state index in [1.807, 2.05) is 0 Å².